The molecule has 0 atom stereocenters. The monoisotopic (exact) mass is 348 g/mol. The molecular weight excluding hydrogens is 324 g/mol. The van der Waals surface area contributed by atoms with Crippen molar-refractivity contribution in [1.29, 1.82) is 0 Å². The molecule has 0 aliphatic heterocycles. The molecule has 0 N–H and O–H groups in total. The van der Waals surface area contributed by atoms with Gasteiger partial charge in [0.2, 0.25) is 5.13 Å². The van der Waals surface area contributed by atoms with Gasteiger partial charge in [-0.25, -0.2) is 9.97 Å². The van der Waals surface area contributed by atoms with Crippen LogP contribution in [0.5, 0.6) is 0 Å². The van der Waals surface area contributed by atoms with E-state index in [1.165, 1.54) is 11.5 Å². The van der Waals surface area contributed by atoms with E-state index < -0.39 is 0 Å². The molecule has 24 heavy (non-hydrogen) atoms. The number of unbranched alkanes of at least 4 members (excludes halogenated alkanes) is 4. The van der Waals surface area contributed by atoms with Crippen LogP contribution >= 0.6 is 11.5 Å². The average molecular weight is 348 g/mol. The first-order chi connectivity index (χ1) is 11.8. The van der Waals surface area contributed by atoms with Gasteiger partial charge in [-0.15, -0.1) is 0 Å². The fourth-order valence-electron chi connectivity index (χ4n) is 2.41. The molecule has 0 bridgehead atoms. The maximum Gasteiger partial charge on any atom is 0.305 e. The zero-order valence-electron chi connectivity index (χ0n) is 14.1. The predicted molar refractivity (Wildman–Crippen MR) is 95.5 cm³/mol. The molecule has 0 saturated heterocycles. The lowest BCUT2D eigenvalue weighted by Gasteiger charge is -2.20. The smallest absolute Gasteiger partial charge is 0.305 e. The molecule has 130 valence electrons. The van der Waals surface area contributed by atoms with Crippen LogP contribution in [-0.4, -0.2) is 33.5 Å². The Morgan fingerprint density at radius 2 is 2.00 bits per heavy atom. The van der Waals surface area contributed by atoms with E-state index in [2.05, 4.69) is 19.2 Å². The van der Waals surface area contributed by atoms with E-state index in [9.17, 15) is 4.79 Å². The molecule has 6 nitrogen and oxygen atoms in total. The lowest BCUT2D eigenvalue weighted by atomic mass is 10.1. The third kappa shape index (κ3) is 6.23. The standard InChI is InChI=1S/C17H24N4O2S/c1-2-23-16(22)11-6-4-3-5-9-13-21(17-19-14-20-24-17)15-10-7-8-12-18-15/h7-8,10,12,14H,2-6,9,11,13H2,1H3. The van der Waals surface area contributed by atoms with E-state index in [4.69, 9.17) is 4.74 Å². The van der Waals surface area contributed by atoms with Crippen molar-refractivity contribution in [2.45, 2.75) is 45.4 Å². The third-order valence-electron chi connectivity index (χ3n) is 3.57. The number of rotatable bonds is 11. The lowest BCUT2D eigenvalue weighted by Crippen LogP contribution is -2.19. The van der Waals surface area contributed by atoms with Gasteiger partial charge in [0.05, 0.1) is 6.61 Å². The van der Waals surface area contributed by atoms with Crippen LogP contribution in [0.3, 0.4) is 0 Å². The number of carbonyl (C=O) groups excluding carboxylic acids is 1. The Morgan fingerprint density at radius 1 is 1.17 bits per heavy atom. The Bertz CT molecular complexity index is 578. The Hall–Kier alpha value is -2.02. The minimum Gasteiger partial charge on any atom is -0.466 e. The van der Waals surface area contributed by atoms with Crippen molar-refractivity contribution < 1.29 is 9.53 Å². The summed E-state index contributed by atoms with van der Waals surface area (Å²) in [5.41, 5.74) is 0. The summed E-state index contributed by atoms with van der Waals surface area (Å²) in [6.07, 6.45) is 9.13. The van der Waals surface area contributed by atoms with Crippen LogP contribution in [0.1, 0.15) is 45.4 Å². The summed E-state index contributed by atoms with van der Waals surface area (Å²) in [5, 5.41) is 0.871. The molecule has 0 aliphatic rings. The van der Waals surface area contributed by atoms with E-state index in [0.29, 0.717) is 13.0 Å². The van der Waals surface area contributed by atoms with Crippen LogP contribution in [0.15, 0.2) is 30.7 Å². The molecular formula is C17H24N4O2S. The average Bonchev–Trinajstić information content (AvgIpc) is 3.12. The van der Waals surface area contributed by atoms with Gasteiger partial charge in [-0.1, -0.05) is 25.3 Å². The van der Waals surface area contributed by atoms with Crippen molar-refractivity contribution >= 4 is 28.5 Å². The van der Waals surface area contributed by atoms with Crippen LogP contribution in [-0.2, 0) is 9.53 Å². The zero-order valence-corrected chi connectivity index (χ0v) is 14.9. The molecule has 0 aliphatic carbocycles. The maximum absolute atomic E-state index is 11.3. The number of nitrogens with zero attached hydrogens (tertiary/aromatic N) is 4. The first-order valence-electron chi connectivity index (χ1n) is 8.42. The van der Waals surface area contributed by atoms with Crippen LogP contribution in [0.4, 0.5) is 10.9 Å². The minimum absolute atomic E-state index is 0.0879. The normalized spacial score (nSPS) is 10.5. The molecule has 0 aromatic carbocycles. The Kier molecular flexibility index (Phi) is 8.17. The van der Waals surface area contributed by atoms with Gasteiger partial charge >= 0.3 is 5.97 Å². The van der Waals surface area contributed by atoms with Gasteiger partial charge in [-0.2, -0.15) is 4.37 Å². The summed E-state index contributed by atoms with van der Waals surface area (Å²) in [5.74, 6) is 0.812. The van der Waals surface area contributed by atoms with Gasteiger partial charge in [0.15, 0.2) is 0 Å². The van der Waals surface area contributed by atoms with Gasteiger partial charge in [0.25, 0.3) is 0 Å². The van der Waals surface area contributed by atoms with Crippen molar-refractivity contribution in [3.8, 4) is 0 Å². The number of esters is 1. The second kappa shape index (κ2) is 10.7. The van der Waals surface area contributed by atoms with Crippen molar-refractivity contribution in [3.63, 3.8) is 0 Å². The molecule has 0 fully saturated rings. The largest absolute Gasteiger partial charge is 0.466 e. The van der Waals surface area contributed by atoms with Crippen LogP contribution in [0.25, 0.3) is 0 Å². The van der Waals surface area contributed by atoms with Gasteiger partial charge in [0, 0.05) is 30.7 Å². The number of aromatic nitrogens is 3. The van der Waals surface area contributed by atoms with Crippen LogP contribution in [0, 0.1) is 0 Å². The highest BCUT2D eigenvalue weighted by Crippen LogP contribution is 2.24. The first kappa shape index (κ1) is 18.3. The van der Waals surface area contributed by atoms with E-state index in [0.717, 1.165) is 49.6 Å². The van der Waals surface area contributed by atoms with E-state index in [-0.39, 0.29) is 5.97 Å². The summed E-state index contributed by atoms with van der Waals surface area (Å²) in [6.45, 7) is 3.17. The Labute approximate surface area is 147 Å². The second-order valence-corrected chi connectivity index (χ2v) is 6.14. The second-order valence-electron chi connectivity index (χ2n) is 5.39. The number of pyridine rings is 1. The number of hydrogen-bond donors (Lipinski definition) is 0. The number of hydrogen-bond acceptors (Lipinski definition) is 7. The lowest BCUT2D eigenvalue weighted by molar-refractivity contribution is -0.143. The highest BCUT2D eigenvalue weighted by Gasteiger charge is 2.12. The van der Waals surface area contributed by atoms with Gasteiger partial charge in [-0.3, -0.25) is 4.79 Å². The molecule has 2 rings (SSSR count). The first-order valence-corrected chi connectivity index (χ1v) is 9.19. The fraction of sp³-hybridized carbons (Fsp3) is 0.529. The number of carbonyl (C=O) groups is 1. The molecule has 0 saturated carbocycles. The van der Waals surface area contributed by atoms with Crippen molar-refractivity contribution in [3.05, 3.63) is 30.7 Å². The Morgan fingerprint density at radius 3 is 2.71 bits per heavy atom. The molecule has 0 amide bonds. The molecule has 2 heterocycles. The number of anilines is 2. The van der Waals surface area contributed by atoms with E-state index >= 15 is 0 Å². The summed E-state index contributed by atoms with van der Waals surface area (Å²) in [4.78, 5) is 22.1. The molecule has 2 aromatic rings. The van der Waals surface area contributed by atoms with E-state index in [1.807, 2.05) is 25.1 Å². The summed E-state index contributed by atoms with van der Waals surface area (Å²) in [7, 11) is 0. The maximum atomic E-state index is 11.3. The van der Waals surface area contributed by atoms with Crippen LogP contribution < -0.4 is 4.90 Å². The third-order valence-corrected chi connectivity index (χ3v) is 4.26. The van der Waals surface area contributed by atoms with Crippen LogP contribution in [0.2, 0.25) is 0 Å². The van der Waals surface area contributed by atoms with E-state index in [1.54, 1.807) is 12.5 Å². The highest BCUT2D eigenvalue weighted by atomic mass is 32.1. The number of ether oxygens (including phenoxy) is 1. The van der Waals surface area contributed by atoms with Crippen molar-refractivity contribution in [2.75, 3.05) is 18.1 Å². The molecule has 7 heteroatoms. The van der Waals surface area contributed by atoms with Crippen molar-refractivity contribution in [2.24, 2.45) is 0 Å². The topological polar surface area (TPSA) is 68.2 Å². The molecule has 2 aromatic heterocycles. The predicted octanol–water partition coefficient (Wildman–Crippen LogP) is 3.97. The summed E-state index contributed by atoms with van der Waals surface area (Å²) >= 11 is 1.38. The van der Waals surface area contributed by atoms with Gasteiger partial charge in [-0.05, 0) is 31.9 Å². The molecule has 0 spiro atoms. The Balaban J connectivity index is 1.70. The summed E-state index contributed by atoms with van der Waals surface area (Å²) < 4.78 is 9.01. The molecule has 0 radical (unpaired) electrons. The van der Waals surface area contributed by atoms with Crippen molar-refractivity contribution in [1.82, 2.24) is 14.3 Å². The summed E-state index contributed by atoms with van der Waals surface area (Å²) in [6, 6.07) is 5.87. The highest BCUT2D eigenvalue weighted by molar-refractivity contribution is 7.09. The van der Waals surface area contributed by atoms with Gasteiger partial charge in [0.1, 0.15) is 12.1 Å². The molecule has 0 unspecified atom stereocenters. The minimum atomic E-state index is -0.0879. The van der Waals surface area contributed by atoms with Gasteiger partial charge < -0.3 is 9.64 Å². The fourth-order valence-corrected chi connectivity index (χ4v) is 2.98. The zero-order chi connectivity index (χ0) is 17.0. The quantitative estimate of drug-likeness (QED) is 0.452. The SMILES string of the molecule is CCOC(=O)CCCCCCCN(c1ccccn1)c1ncns1.